The van der Waals surface area contributed by atoms with Crippen molar-refractivity contribution in [1.29, 1.82) is 0 Å². The summed E-state index contributed by atoms with van der Waals surface area (Å²) >= 11 is 3.46. The number of fused-ring (bicyclic) bond motifs is 1. The van der Waals surface area contributed by atoms with Crippen molar-refractivity contribution in [3.63, 3.8) is 0 Å². The molecule has 1 heterocycles. The van der Waals surface area contributed by atoms with Gasteiger partial charge in [-0.2, -0.15) is 0 Å². The molecule has 90 valence electrons. The van der Waals surface area contributed by atoms with Crippen LogP contribution in [-0.4, -0.2) is 5.91 Å². The molecular formula is C15H12BrNO. The minimum absolute atomic E-state index is 0.0834. The molecule has 1 aliphatic rings. The lowest BCUT2D eigenvalue weighted by atomic mass is 9.93. The molecule has 2 nitrogen and oxygen atoms in total. The van der Waals surface area contributed by atoms with E-state index >= 15 is 0 Å². The van der Waals surface area contributed by atoms with Crippen LogP contribution in [-0.2, 0) is 11.2 Å². The maximum Gasteiger partial charge on any atom is 0.232 e. The van der Waals surface area contributed by atoms with E-state index in [1.165, 1.54) is 5.56 Å². The normalized spacial score (nSPS) is 17.4. The third-order valence-corrected chi connectivity index (χ3v) is 3.74. The first-order chi connectivity index (χ1) is 8.74. The maximum absolute atomic E-state index is 12.0. The van der Waals surface area contributed by atoms with Crippen molar-refractivity contribution in [2.24, 2.45) is 0 Å². The molecule has 2 aromatic rings. The first-order valence-electron chi connectivity index (χ1n) is 5.88. The second-order valence-corrected chi connectivity index (χ2v) is 5.38. The van der Waals surface area contributed by atoms with Gasteiger partial charge in [-0.15, -0.1) is 0 Å². The van der Waals surface area contributed by atoms with Crippen LogP contribution in [0.4, 0.5) is 5.69 Å². The number of benzene rings is 2. The number of hydrogen-bond donors (Lipinski definition) is 1. The average molecular weight is 302 g/mol. The molecule has 1 atom stereocenters. The molecule has 0 spiro atoms. The van der Waals surface area contributed by atoms with E-state index in [0.717, 1.165) is 22.1 Å². The smallest absolute Gasteiger partial charge is 0.232 e. The van der Waals surface area contributed by atoms with Gasteiger partial charge in [-0.3, -0.25) is 4.79 Å². The zero-order valence-corrected chi connectivity index (χ0v) is 11.3. The van der Waals surface area contributed by atoms with Gasteiger partial charge in [0.05, 0.1) is 5.92 Å². The van der Waals surface area contributed by atoms with Crippen molar-refractivity contribution in [3.05, 3.63) is 64.1 Å². The molecule has 0 fully saturated rings. The summed E-state index contributed by atoms with van der Waals surface area (Å²) in [6.07, 6.45) is 0.746. The molecule has 2 aromatic carbocycles. The molecular weight excluding hydrogens is 290 g/mol. The largest absolute Gasteiger partial charge is 0.325 e. The molecule has 1 aliphatic heterocycles. The minimum Gasteiger partial charge on any atom is -0.325 e. The summed E-state index contributed by atoms with van der Waals surface area (Å²) in [4.78, 5) is 12.0. The van der Waals surface area contributed by atoms with Gasteiger partial charge in [-0.05, 0) is 35.7 Å². The van der Waals surface area contributed by atoms with Crippen LogP contribution in [0.25, 0.3) is 0 Å². The van der Waals surface area contributed by atoms with Crippen molar-refractivity contribution in [2.45, 2.75) is 12.3 Å². The van der Waals surface area contributed by atoms with Crippen LogP contribution in [0.5, 0.6) is 0 Å². The predicted molar refractivity (Wildman–Crippen MR) is 75.7 cm³/mol. The van der Waals surface area contributed by atoms with Gasteiger partial charge >= 0.3 is 0 Å². The molecule has 18 heavy (non-hydrogen) atoms. The Labute approximate surface area is 114 Å². The van der Waals surface area contributed by atoms with Gasteiger partial charge in [-0.1, -0.05) is 46.3 Å². The van der Waals surface area contributed by atoms with Crippen molar-refractivity contribution in [3.8, 4) is 0 Å². The van der Waals surface area contributed by atoms with Gasteiger partial charge in [0.1, 0.15) is 0 Å². The van der Waals surface area contributed by atoms with Gasteiger partial charge in [-0.25, -0.2) is 0 Å². The molecule has 0 unspecified atom stereocenters. The summed E-state index contributed by atoms with van der Waals surface area (Å²) in [6.45, 7) is 0. The lowest BCUT2D eigenvalue weighted by molar-refractivity contribution is -0.117. The van der Waals surface area contributed by atoms with Crippen LogP contribution in [0.3, 0.4) is 0 Å². The van der Waals surface area contributed by atoms with Crippen LogP contribution in [0.2, 0.25) is 0 Å². The van der Waals surface area contributed by atoms with E-state index in [1.807, 2.05) is 36.4 Å². The summed E-state index contributed by atoms with van der Waals surface area (Å²) in [5.41, 5.74) is 3.20. The van der Waals surface area contributed by atoms with Crippen molar-refractivity contribution in [1.82, 2.24) is 0 Å². The summed E-state index contributed by atoms with van der Waals surface area (Å²) < 4.78 is 1.01. The highest BCUT2D eigenvalue weighted by molar-refractivity contribution is 9.10. The van der Waals surface area contributed by atoms with Crippen molar-refractivity contribution in [2.75, 3.05) is 5.32 Å². The van der Waals surface area contributed by atoms with E-state index < -0.39 is 0 Å². The highest BCUT2D eigenvalue weighted by Crippen LogP contribution is 2.36. The van der Waals surface area contributed by atoms with Crippen LogP contribution in [0.15, 0.2) is 53.0 Å². The third-order valence-electron chi connectivity index (χ3n) is 3.25. The Morgan fingerprint density at radius 2 is 1.89 bits per heavy atom. The first kappa shape index (κ1) is 11.5. The second kappa shape index (κ2) is 4.58. The molecule has 3 heteroatoms. The standard InChI is InChI=1S/C15H12BrNO/c16-11-6-7-14-12(9-11)13(15(18)17-14)8-10-4-2-1-3-5-10/h1-7,9,13H,8H2,(H,17,18)/t13-/m0/s1. The van der Waals surface area contributed by atoms with Gasteiger partial charge in [0, 0.05) is 10.2 Å². The van der Waals surface area contributed by atoms with Gasteiger partial charge in [0.2, 0.25) is 5.91 Å². The summed E-state index contributed by atoms with van der Waals surface area (Å²) in [6, 6.07) is 16.0. The molecule has 0 bridgehead atoms. The fraction of sp³-hybridized carbons (Fsp3) is 0.133. The van der Waals surface area contributed by atoms with Gasteiger partial charge in [0.15, 0.2) is 0 Å². The fourth-order valence-corrected chi connectivity index (χ4v) is 2.73. The Morgan fingerprint density at radius 1 is 1.11 bits per heavy atom. The number of carbonyl (C=O) groups is 1. The Morgan fingerprint density at radius 3 is 2.67 bits per heavy atom. The topological polar surface area (TPSA) is 29.1 Å². The highest BCUT2D eigenvalue weighted by Gasteiger charge is 2.30. The number of rotatable bonds is 2. The molecule has 0 radical (unpaired) electrons. The molecule has 1 N–H and O–H groups in total. The lowest BCUT2D eigenvalue weighted by Crippen LogP contribution is -2.14. The first-order valence-corrected chi connectivity index (χ1v) is 6.67. The van der Waals surface area contributed by atoms with Gasteiger partial charge < -0.3 is 5.32 Å². The van der Waals surface area contributed by atoms with E-state index in [4.69, 9.17) is 0 Å². The molecule has 1 amide bonds. The SMILES string of the molecule is O=C1Nc2ccc(Br)cc2[C@@H]1Cc1ccccc1. The van der Waals surface area contributed by atoms with Crippen LogP contribution >= 0.6 is 15.9 Å². The Hall–Kier alpha value is -1.61. The highest BCUT2D eigenvalue weighted by atomic mass is 79.9. The summed E-state index contributed by atoms with van der Waals surface area (Å²) in [5, 5.41) is 2.94. The third kappa shape index (κ3) is 2.06. The van der Waals surface area contributed by atoms with Crippen molar-refractivity contribution < 1.29 is 4.79 Å². The second-order valence-electron chi connectivity index (χ2n) is 4.46. The fourth-order valence-electron chi connectivity index (χ4n) is 2.35. The van der Waals surface area contributed by atoms with E-state index in [1.54, 1.807) is 0 Å². The summed E-state index contributed by atoms with van der Waals surface area (Å²) in [5.74, 6) is 0.00635. The number of hydrogen-bond acceptors (Lipinski definition) is 1. The van der Waals surface area contributed by atoms with Crippen LogP contribution in [0, 0.1) is 0 Å². The molecule has 0 aromatic heterocycles. The van der Waals surface area contributed by atoms with E-state index in [2.05, 4.69) is 33.4 Å². The molecule has 0 aliphatic carbocycles. The number of amides is 1. The van der Waals surface area contributed by atoms with E-state index in [9.17, 15) is 4.79 Å². The number of halogens is 1. The number of nitrogens with one attached hydrogen (secondary N) is 1. The average Bonchev–Trinajstić information content (AvgIpc) is 2.67. The minimum atomic E-state index is -0.0834. The van der Waals surface area contributed by atoms with E-state index in [0.29, 0.717) is 0 Å². The maximum atomic E-state index is 12.0. The zero-order valence-electron chi connectivity index (χ0n) is 9.69. The summed E-state index contributed by atoms with van der Waals surface area (Å²) in [7, 11) is 0. The lowest BCUT2D eigenvalue weighted by Gasteiger charge is -2.09. The van der Waals surface area contributed by atoms with Crippen molar-refractivity contribution >= 4 is 27.5 Å². The van der Waals surface area contributed by atoms with Gasteiger partial charge in [0.25, 0.3) is 0 Å². The predicted octanol–water partition coefficient (Wildman–Crippen LogP) is 3.73. The molecule has 0 saturated heterocycles. The number of carbonyl (C=O) groups excluding carboxylic acids is 1. The van der Waals surface area contributed by atoms with Crippen LogP contribution < -0.4 is 5.32 Å². The quantitative estimate of drug-likeness (QED) is 0.900. The molecule has 3 rings (SSSR count). The molecule has 0 saturated carbocycles. The number of anilines is 1. The Bertz CT molecular complexity index is 595. The Kier molecular flexibility index (Phi) is 2.92. The van der Waals surface area contributed by atoms with Crippen LogP contribution in [0.1, 0.15) is 17.0 Å². The zero-order chi connectivity index (χ0) is 12.5. The van der Waals surface area contributed by atoms with E-state index in [-0.39, 0.29) is 11.8 Å². The monoisotopic (exact) mass is 301 g/mol. The Balaban J connectivity index is 1.94.